The largest absolute Gasteiger partial charge is 0.851 e. The van der Waals surface area contributed by atoms with Crippen LogP contribution in [0.1, 0.15) is 102 Å². The van der Waals surface area contributed by atoms with Crippen LogP contribution in [0.4, 0.5) is 11.4 Å². The predicted molar refractivity (Wildman–Crippen MR) is 155 cm³/mol. The van der Waals surface area contributed by atoms with E-state index >= 15 is 0 Å². The van der Waals surface area contributed by atoms with E-state index in [0.29, 0.717) is 11.1 Å². The summed E-state index contributed by atoms with van der Waals surface area (Å²) in [5, 5.41) is 26.6. The lowest BCUT2D eigenvalue weighted by Crippen LogP contribution is -2.39. The van der Waals surface area contributed by atoms with E-state index in [1.165, 1.54) is 38.5 Å². The molecule has 38 heavy (non-hydrogen) atoms. The number of hydrogen-bond donors (Lipinski definition) is 0. The lowest BCUT2D eigenvalue weighted by Gasteiger charge is -2.34. The number of benzene rings is 2. The SMILES string of the molecule is CCCCCCN(CC)c1ccc(C2C(=O)C([O-])C(c3ccc(N(CC)CCCCCC)cc3)C2[O-])cc1. The second-order valence-corrected chi connectivity index (χ2v) is 10.8. The number of nitrogens with zero attached hydrogens (tertiary/aromatic N) is 2. The fourth-order valence-electron chi connectivity index (χ4n) is 5.81. The molecule has 0 N–H and O–H groups in total. The Morgan fingerprint density at radius 3 is 1.50 bits per heavy atom. The number of Topliss-reactive ketones (excluding diaryl/α,β-unsaturated/α-hetero) is 1. The number of carbonyl (C=O) groups excluding carboxylic acids is 1. The molecule has 0 amide bonds. The molecule has 1 fully saturated rings. The number of unbranched alkanes of at least 4 members (excludes halogenated alkanes) is 6. The number of rotatable bonds is 16. The van der Waals surface area contributed by atoms with Crippen LogP contribution in [0, 0.1) is 0 Å². The zero-order valence-electron chi connectivity index (χ0n) is 24.0. The molecule has 0 aromatic heterocycles. The topological polar surface area (TPSA) is 69.7 Å². The monoisotopic (exact) mass is 520 g/mol. The highest BCUT2D eigenvalue weighted by molar-refractivity contribution is 5.93. The molecule has 0 bridgehead atoms. The third-order valence-electron chi connectivity index (χ3n) is 8.18. The zero-order chi connectivity index (χ0) is 27.5. The van der Waals surface area contributed by atoms with Crippen LogP contribution in [0.3, 0.4) is 0 Å². The van der Waals surface area contributed by atoms with E-state index < -0.39 is 29.8 Å². The van der Waals surface area contributed by atoms with Gasteiger partial charge in [0.25, 0.3) is 0 Å². The Kier molecular flexibility index (Phi) is 12.1. The Hall–Kier alpha value is -2.37. The van der Waals surface area contributed by atoms with E-state index in [1.54, 1.807) is 0 Å². The van der Waals surface area contributed by atoms with Crippen molar-refractivity contribution in [1.82, 2.24) is 0 Å². The van der Waals surface area contributed by atoms with Crippen molar-refractivity contribution in [2.24, 2.45) is 0 Å². The quantitative estimate of drug-likeness (QED) is 0.277. The summed E-state index contributed by atoms with van der Waals surface area (Å²) in [4.78, 5) is 17.7. The van der Waals surface area contributed by atoms with E-state index in [0.717, 1.165) is 50.4 Å². The maximum Gasteiger partial charge on any atom is 0.126 e. The van der Waals surface area contributed by atoms with Crippen LogP contribution in [0.2, 0.25) is 0 Å². The van der Waals surface area contributed by atoms with Crippen LogP contribution in [0.5, 0.6) is 0 Å². The summed E-state index contributed by atoms with van der Waals surface area (Å²) >= 11 is 0. The first kappa shape index (κ1) is 30.2. The van der Waals surface area contributed by atoms with E-state index in [-0.39, 0.29) is 0 Å². The third-order valence-corrected chi connectivity index (χ3v) is 8.18. The van der Waals surface area contributed by atoms with Crippen molar-refractivity contribution in [2.75, 3.05) is 36.0 Å². The van der Waals surface area contributed by atoms with Gasteiger partial charge in [0.2, 0.25) is 0 Å². The fourth-order valence-corrected chi connectivity index (χ4v) is 5.81. The van der Waals surface area contributed by atoms with Crippen molar-refractivity contribution in [1.29, 1.82) is 0 Å². The average molecular weight is 521 g/mol. The highest BCUT2D eigenvalue weighted by Crippen LogP contribution is 2.40. The molecule has 0 spiro atoms. The van der Waals surface area contributed by atoms with Crippen molar-refractivity contribution < 1.29 is 15.0 Å². The summed E-state index contributed by atoms with van der Waals surface area (Å²) in [6, 6.07) is 15.6. The van der Waals surface area contributed by atoms with Gasteiger partial charge in [-0.3, -0.25) is 0 Å². The lowest BCUT2D eigenvalue weighted by molar-refractivity contribution is -0.451. The molecular weight excluding hydrogens is 472 g/mol. The van der Waals surface area contributed by atoms with E-state index in [2.05, 4.69) is 37.5 Å². The second-order valence-electron chi connectivity index (χ2n) is 10.8. The van der Waals surface area contributed by atoms with Crippen LogP contribution < -0.4 is 20.0 Å². The second kappa shape index (κ2) is 15.3. The Bertz CT molecular complexity index is 959. The zero-order valence-corrected chi connectivity index (χ0v) is 24.0. The van der Waals surface area contributed by atoms with Gasteiger partial charge in [0, 0.05) is 43.5 Å². The first-order chi connectivity index (χ1) is 18.5. The molecule has 1 saturated carbocycles. The molecular formula is C33H48N2O3-2. The number of anilines is 2. The first-order valence-electron chi connectivity index (χ1n) is 15.0. The molecule has 2 aromatic carbocycles. The lowest BCUT2D eigenvalue weighted by atomic mass is 9.89. The van der Waals surface area contributed by atoms with E-state index in [4.69, 9.17) is 0 Å². The summed E-state index contributed by atoms with van der Waals surface area (Å²) in [5.41, 5.74) is 3.56. The van der Waals surface area contributed by atoms with Gasteiger partial charge in [-0.1, -0.05) is 82.7 Å². The van der Waals surface area contributed by atoms with Crippen molar-refractivity contribution in [2.45, 2.75) is 103 Å². The Morgan fingerprint density at radius 1 is 0.632 bits per heavy atom. The normalized spacial score (nSPS) is 21.2. The molecule has 2 aromatic rings. The Balaban J connectivity index is 1.69. The molecule has 0 saturated heterocycles. The van der Waals surface area contributed by atoms with Crippen LogP contribution in [0.25, 0.3) is 0 Å². The molecule has 0 aliphatic heterocycles. The van der Waals surface area contributed by atoms with Gasteiger partial charge in [-0.2, -0.15) is 0 Å². The van der Waals surface area contributed by atoms with E-state index in [9.17, 15) is 15.0 Å². The molecule has 5 heteroatoms. The summed E-state index contributed by atoms with van der Waals surface area (Å²) < 4.78 is 0. The Labute approximate surface area is 230 Å². The van der Waals surface area contributed by atoms with E-state index in [1.807, 2.05) is 48.5 Å². The number of ketones is 1. The molecule has 210 valence electrons. The minimum absolute atomic E-state index is 0.468. The molecule has 0 radical (unpaired) electrons. The predicted octanol–water partition coefficient (Wildman–Crippen LogP) is 5.41. The highest BCUT2D eigenvalue weighted by atomic mass is 16.3. The first-order valence-corrected chi connectivity index (χ1v) is 15.0. The fraction of sp³-hybridized carbons (Fsp3) is 0.606. The van der Waals surface area contributed by atoms with Gasteiger partial charge in [-0.25, -0.2) is 0 Å². The average Bonchev–Trinajstić information content (AvgIpc) is 3.16. The van der Waals surface area contributed by atoms with Crippen LogP contribution >= 0.6 is 0 Å². The van der Waals surface area contributed by atoms with Gasteiger partial charge in [0.05, 0.1) is 0 Å². The maximum absolute atomic E-state index is 13.5. The summed E-state index contributed by atoms with van der Waals surface area (Å²) in [7, 11) is 0. The Morgan fingerprint density at radius 2 is 1.08 bits per heavy atom. The van der Waals surface area contributed by atoms with Gasteiger partial charge in [-0.05, 0) is 68.0 Å². The van der Waals surface area contributed by atoms with Crippen LogP contribution in [-0.2, 0) is 4.79 Å². The standard InChI is InChI=1S/C33H48N2O3/c1-5-9-11-13-23-34(7-3)27-19-15-25(16-20-27)29-31(36)30(33(38)32(29)37)26-17-21-28(22-18-26)35(8-4)24-14-12-10-6-2/h15-22,29-32H,5-14,23-24H2,1-4H3/q-2. The molecule has 1 aliphatic rings. The molecule has 4 unspecified atom stereocenters. The van der Waals surface area contributed by atoms with Gasteiger partial charge < -0.3 is 24.8 Å². The highest BCUT2D eigenvalue weighted by Gasteiger charge is 2.40. The molecule has 0 heterocycles. The van der Waals surface area contributed by atoms with Gasteiger partial charge >= 0.3 is 0 Å². The molecule has 1 aliphatic carbocycles. The maximum atomic E-state index is 13.5. The van der Waals surface area contributed by atoms with Gasteiger partial charge in [0.15, 0.2) is 0 Å². The number of hydrogen-bond acceptors (Lipinski definition) is 5. The van der Waals surface area contributed by atoms with Crippen molar-refractivity contribution >= 4 is 17.2 Å². The third kappa shape index (κ3) is 7.39. The molecule has 4 atom stereocenters. The molecule has 3 rings (SSSR count). The minimum Gasteiger partial charge on any atom is -0.851 e. The van der Waals surface area contributed by atoms with Crippen LogP contribution in [-0.4, -0.2) is 44.2 Å². The summed E-state index contributed by atoms with van der Waals surface area (Å²) in [6.07, 6.45) is 6.91. The number of carbonyl (C=O) groups is 1. The minimum atomic E-state index is -1.52. The van der Waals surface area contributed by atoms with Gasteiger partial charge in [0.1, 0.15) is 5.78 Å². The van der Waals surface area contributed by atoms with Crippen molar-refractivity contribution in [3.05, 3.63) is 59.7 Å². The summed E-state index contributed by atoms with van der Waals surface area (Å²) in [5.74, 6) is -2.20. The molecule has 5 nitrogen and oxygen atoms in total. The van der Waals surface area contributed by atoms with Crippen LogP contribution in [0.15, 0.2) is 48.5 Å². The smallest absolute Gasteiger partial charge is 0.126 e. The van der Waals surface area contributed by atoms with Crippen molar-refractivity contribution in [3.8, 4) is 0 Å². The van der Waals surface area contributed by atoms with Crippen molar-refractivity contribution in [3.63, 3.8) is 0 Å². The summed E-state index contributed by atoms with van der Waals surface area (Å²) in [6.45, 7) is 12.5. The van der Waals surface area contributed by atoms with Gasteiger partial charge in [-0.15, -0.1) is 6.10 Å².